The van der Waals surface area contributed by atoms with Crippen molar-refractivity contribution in [1.82, 2.24) is 15.2 Å². The van der Waals surface area contributed by atoms with Crippen LogP contribution in [0.5, 0.6) is 0 Å². The predicted molar refractivity (Wildman–Crippen MR) is 85.1 cm³/mol. The topological polar surface area (TPSA) is 31.4 Å². The molecule has 1 aromatic heterocycles. The summed E-state index contributed by atoms with van der Waals surface area (Å²) in [7, 11) is 4.22. The Labute approximate surface area is 127 Å². The maximum absolute atomic E-state index is 14.6. The lowest BCUT2D eigenvalue weighted by Gasteiger charge is -2.36. The fourth-order valence-corrected chi connectivity index (χ4v) is 2.82. The number of nitrogens with zero attached hydrogens (tertiary/aromatic N) is 3. The maximum Gasteiger partial charge on any atom is 0.170 e. The van der Waals surface area contributed by atoms with Gasteiger partial charge < -0.3 is 15.1 Å². The fraction of sp³-hybridized carbons (Fsp3) is 0.688. The summed E-state index contributed by atoms with van der Waals surface area (Å²) in [5, 5.41) is 3.25. The Morgan fingerprint density at radius 1 is 1.38 bits per heavy atom. The highest BCUT2D eigenvalue weighted by Gasteiger charge is 2.24. The molecule has 0 bridgehead atoms. The second-order valence-corrected chi connectivity index (χ2v) is 5.97. The van der Waals surface area contributed by atoms with Crippen molar-refractivity contribution in [2.45, 2.75) is 38.8 Å². The largest absolute Gasteiger partial charge is 0.354 e. The number of hydrogen-bond donors (Lipinski definition) is 1. The van der Waals surface area contributed by atoms with Crippen LogP contribution in [0.2, 0.25) is 0 Å². The average molecular weight is 294 g/mol. The first-order chi connectivity index (χ1) is 10.1. The van der Waals surface area contributed by atoms with E-state index in [1.165, 1.54) is 0 Å². The summed E-state index contributed by atoms with van der Waals surface area (Å²) in [5.41, 5.74) is 0.711. The first kappa shape index (κ1) is 16.2. The molecule has 1 aliphatic heterocycles. The molecular weight excluding hydrogens is 267 g/mol. The molecule has 0 atom stereocenters. The number of anilines is 1. The summed E-state index contributed by atoms with van der Waals surface area (Å²) in [5.74, 6) is 0.354. The molecule has 21 heavy (non-hydrogen) atoms. The minimum atomic E-state index is -0.163. The first-order valence-corrected chi connectivity index (χ1v) is 7.89. The van der Waals surface area contributed by atoms with Crippen LogP contribution in [0.25, 0.3) is 0 Å². The highest BCUT2D eigenvalue weighted by molar-refractivity contribution is 5.43. The lowest BCUT2D eigenvalue weighted by molar-refractivity contribution is 0.249. The Balaban J connectivity index is 2.02. The zero-order chi connectivity index (χ0) is 15.2. The quantitative estimate of drug-likeness (QED) is 0.816. The van der Waals surface area contributed by atoms with Gasteiger partial charge >= 0.3 is 0 Å². The third kappa shape index (κ3) is 4.14. The normalized spacial score (nSPS) is 16.7. The summed E-state index contributed by atoms with van der Waals surface area (Å²) >= 11 is 0. The van der Waals surface area contributed by atoms with E-state index in [4.69, 9.17) is 0 Å². The highest BCUT2D eigenvalue weighted by Crippen LogP contribution is 2.24. The molecule has 1 fully saturated rings. The second kappa shape index (κ2) is 7.71. The van der Waals surface area contributed by atoms with Crippen LogP contribution in [-0.2, 0) is 6.54 Å². The molecule has 2 heterocycles. The zero-order valence-electron chi connectivity index (χ0n) is 13.4. The maximum atomic E-state index is 14.6. The summed E-state index contributed by atoms with van der Waals surface area (Å²) in [6, 6.07) is 2.37. The van der Waals surface area contributed by atoms with E-state index >= 15 is 0 Å². The lowest BCUT2D eigenvalue weighted by Crippen LogP contribution is -2.42. The number of rotatable bonds is 6. The van der Waals surface area contributed by atoms with Gasteiger partial charge in [-0.05, 0) is 46.0 Å². The molecule has 5 heteroatoms. The summed E-state index contributed by atoms with van der Waals surface area (Å²) in [6.45, 7) is 5.34. The lowest BCUT2D eigenvalue weighted by atomic mass is 10.0. The fourth-order valence-electron chi connectivity index (χ4n) is 2.82. The van der Waals surface area contributed by atoms with Gasteiger partial charge in [0.2, 0.25) is 0 Å². The van der Waals surface area contributed by atoms with Crippen molar-refractivity contribution in [3.05, 3.63) is 23.6 Å². The molecule has 0 radical (unpaired) electrons. The number of hydrogen-bond acceptors (Lipinski definition) is 4. The predicted octanol–water partition coefficient (Wildman–Crippen LogP) is 2.25. The molecule has 2 rings (SSSR count). The Kier molecular flexibility index (Phi) is 5.94. The second-order valence-electron chi connectivity index (χ2n) is 5.97. The number of halogens is 1. The van der Waals surface area contributed by atoms with Gasteiger partial charge in [0, 0.05) is 37.4 Å². The van der Waals surface area contributed by atoms with Crippen molar-refractivity contribution in [3.63, 3.8) is 0 Å². The van der Waals surface area contributed by atoms with Crippen LogP contribution in [0, 0.1) is 5.82 Å². The number of nitrogens with one attached hydrogen (secondary N) is 1. The van der Waals surface area contributed by atoms with Crippen molar-refractivity contribution in [3.8, 4) is 0 Å². The number of piperidine rings is 1. The summed E-state index contributed by atoms with van der Waals surface area (Å²) < 4.78 is 14.6. The van der Waals surface area contributed by atoms with Gasteiger partial charge in [-0.15, -0.1) is 0 Å². The minimum Gasteiger partial charge on any atom is -0.354 e. The van der Waals surface area contributed by atoms with Crippen molar-refractivity contribution < 1.29 is 4.39 Å². The molecule has 0 saturated carbocycles. The van der Waals surface area contributed by atoms with E-state index in [2.05, 4.69) is 41.1 Å². The van der Waals surface area contributed by atoms with Gasteiger partial charge in [-0.2, -0.15) is 0 Å². The highest BCUT2D eigenvalue weighted by atomic mass is 19.1. The summed E-state index contributed by atoms with van der Waals surface area (Å²) in [6.07, 6.45) is 4.90. The van der Waals surface area contributed by atoms with Crippen LogP contribution in [0.4, 0.5) is 10.2 Å². The van der Waals surface area contributed by atoms with Gasteiger partial charge in [0.1, 0.15) is 0 Å². The van der Waals surface area contributed by atoms with Gasteiger partial charge in [-0.25, -0.2) is 9.37 Å². The molecule has 1 aromatic rings. The smallest absolute Gasteiger partial charge is 0.170 e. The third-order valence-corrected chi connectivity index (χ3v) is 4.19. The van der Waals surface area contributed by atoms with Crippen LogP contribution in [-0.4, -0.2) is 49.7 Å². The Hall–Kier alpha value is -1.20. The SMILES string of the molecule is CCCNCc1ccnc(N2CCC(N(C)C)CC2)c1F. The Morgan fingerprint density at radius 3 is 2.71 bits per heavy atom. The molecule has 1 saturated heterocycles. The van der Waals surface area contributed by atoms with E-state index < -0.39 is 0 Å². The minimum absolute atomic E-state index is 0.163. The van der Waals surface area contributed by atoms with Gasteiger partial charge in [0.25, 0.3) is 0 Å². The van der Waals surface area contributed by atoms with Crippen LogP contribution in [0.1, 0.15) is 31.7 Å². The molecule has 0 unspecified atom stereocenters. The van der Waals surface area contributed by atoms with Gasteiger partial charge in [0.15, 0.2) is 11.6 Å². The van der Waals surface area contributed by atoms with E-state index in [1.807, 2.05) is 0 Å². The van der Waals surface area contributed by atoms with E-state index in [1.54, 1.807) is 12.3 Å². The standard InChI is InChI=1S/C16H27FN4/c1-4-8-18-12-13-5-9-19-16(15(13)17)21-10-6-14(7-11-21)20(2)3/h5,9,14,18H,4,6-8,10-12H2,1-3H3. The molecule has 0 aromatic carbocycles. The van der Waals surface area contributed by atoms with Crippen molar-refractivity contribution in [1.29, 1.82) is 0 Å². The zero-order valence-corrected chi connectivity index (χ0v) is 13.4. The Bertz CT molecular complexity index is 442. The molecule has 0 spiro atoms. The molecular formula is C16H27FN4. The first-order valence-electron chi connectivity index (χ1n) is 7.89. The molecule has 4 nitrogen and oxygen atoms in total. The van der Waals surface area contributed by atoms with Crippen molar-refractivity contribution in [2.24, 2.45) is 0 Å². The average Bonchev–Trinajstić information content (AvgIpc) is 2.49. The van der Waals surface area contributed by atoms with Crippen LogP contribution in [0.3, 0.4) is 0 Å². The molecule has 0 aliphatic carbocycles. The van der Waals surface area contributed by atoms with Crippen molar-refractivity contribution >= 4 is 5.82 Å². The van der Waals surface area contributed by atoms with Crippen molar-refractivity contribution in [2.75, 3.05) is 38.6 Å². The molecule has 118 valence electrons. The van der Waals surface area contributed by atoms with E-state index in [0.717, 1.165) is 38.9 Å². The van der Waals surface area contributed by atoms with Crippen LogP contribution < -0.4 is 10.2 Å². The molecule has 1 N–H and O–H groups in total. The van der Waals surface area contributed by atoms with Gasteiger partial charge in [-0.3, -0.25) is 0 Å². The Morgan fingerprint density at radius 2 is 2.10 bits per heavy atom. The van der Waals surface area contributed by atoms with Crippen LogP contribution >= 0.6 is 0 Å². The van der Waals surface area contributed by atoms with Crippen LogP contribution in [0.15, 0.2) is 12.3 Å². The van der Waals surface area contributed by atoms with E-state index in [0.29, 0.717) is 24.0 Å². The van der Waals surface area contributed by atoms with Gasteiger partial charge in [0.05, 0.1) is 0 Å². The number of aromatic nitrogens is 1. The third-order valence-electron chi connectivity index (χ3n) is 4.19. The van der Waals surface area contributed by atoms with E-state index in [-0.39, 0.29) is 5.82 Å². The summed E-state index contributed by atoms with van der Waals surface area (Å²) in [4.78, 5) is 8.61. The van der Waals surface area contributed by atoms with E-state index in [9.17, 15) is 4.39 Å². The molecule has 1 aliphatic rings. The monoisotopic (exact) mass is 294 g/mol. The number of pyridine rings is 1. The van der Waals surface area contributed by atoms with Gasteiger partial charge in [-0.1, -0.05) is 6.92 Å². The molecule has 0 amide bonds.